The van der Waals surface area contributed by atoms with Crippen molar-refractivity contribution in [2.24, 2.45) is 50.2 Å². The third kappa shape index (κ3) is 7.62. The minimum Gasteiger partial charge on any atom is -0.481 e. The maximum Gasteiger partial charge on any atom is 0.338 e. The van der Waals surface area contributed by atoms with E-state index in [1.54, 1.807) is 0 Å². The molecule has 19 atom stereocenters. The highest BCUT2D eigenvalue weighted by Gasteiger charge is 2.71. The first-order valence-corrected chi connectivity index (χ1v) is 23.1. The van der Waals surface area contributed by atoms with Gasteiger partial charge in [0, 0.05) is 5.92 Å². The average molecular weight is 893 g/mol. The molecule has 356 valence electrons. The molecular formula is C47H72O16. The van der Waals surface area contributed by atoms with Crippen molar-refractivity contribution in [3.63, 3.8) is 0 Å². The number of hydrogen-bond acceptors (Lipinski definition) is 15. The van der Waals surface area contributed by atoms with Crippen molar-refractivity contribution in [1.29, 1.82) is 0 Å². The highest BCUT2D eigenvalue weighted by molar-refractivity contribution is 5.95. The average Bonchev–Trinajstić information content (AvgIpc) is 3.22. The van der Waals surface area contributed by atoms with E-state index in [-0.39, 0.29) is 41.0 Å². The molecule has 0 bridgehead atoms. The molecule has 2 saturated heterocycles. The lowest BCUT2D eigenvalue weighted by atomic mass is 9.33. The number of ketones is 1. The second-order valence-electron chi connectivity index (χ2n) is 22.0. The fraction of sp³-hybridized carbons (Fsp3) is 0.872. The van der Waals surface area contributed by atoms with Crippen molar-refractivity contribution in [2.45, 2.75) is 194 Å². The van der Waals surface area contributed by atoms with Gasteiger partial charge < -0.3 is 59.1 Å². The molecular weight excluding hydrogens is 821 g/mol. The second kappa shape index (κ2) is 17.0. The summed E-state index contributed by atoms with van der Waals surface area (Å²) >= 11 is 0. The van der Waals surface area contributed by atoms with Crippen LogP contribution in [0.2, 0.25) is 0 Å². The van der Waals surface area contributed by atoms with Gasteiger partial charge in [0.25, 0.3) is 0 Å². The molecule has 9 unspecified atom stereocenters. The van der Waals surface area contributed by atoms with Crippen molar-refractivity contribution in [2.75, 3.05) is 13.7 Å². The lowest BCUT2D eigenvalue weighted by Crippen LogP contribution is -2.68. The first-order valence-electron chi connectivity index (χ1n) is 23.1. The summed E-state index contributed by atoms with van der Waals surface area (Å²) in [6, 6.07) is 0. The van der Waals surface area contributed by atoms with Gasteiger partial charge in [0.1, 0.15) is 36.6 Å². The highest BCUT2D eigenvalue weighted by atomic mass is 16.8. The van der Waals surface area contributed by atoms with E-state index in [0.29, 0.717) is 32.1 Å². The predicted octanol–water partition coefficient (Wildman–Crippen LogP) is 3.59. The first kappa shape index (κ1) is 48.4. The smallest absolute Gasteiger partial charge is 0.338 e. The summed E-state index contributed by atoms with van der Waals surface area (Å²) < 4.78 is 34.6. The number of carboxylic acids is 1. The van der Waals surface area contributed by atoms with Crippen LogP contribution in [0.1, 0.15) is 126 Å². The van der Waals surface area contributed by atoms with Crippen molar-refractivity contribution >= 4 is 23.7 Å². The van der Waals surface area contributed by atoms with Gasteiger partial charge in [-0.25, -0.2) is 9.59 Å². The zero-order chi connectivity index (χ0) is 46.4. The SMILES string of the molecule is CCCCOC(=O)[C@H]1O[C@@H](OC2CCC3(C)C(CCC4(C)C3C(=O)C=C3C5CC(C)(C(=O)O)CCC5(C)CCC34C)C2(C)C)[C@H](O[C@@H]2O[C@H](C(=O)OC)[C@@H](O)[C@@H](O)[C@H]2O)[C@H](O)[C@@H]1O. The zero-order valence-electron chi connectivity index (χ0n) is 38.4. The molecule has 16 heteroatoms. The largest absolute Gasteiger partial charge is 0.481 e. The molecule has 0 aromatic rings. The Hall–Kier alpha value is -2.54. The fourth-order valence-corrected chi connectivity index (χ4v) is 13.9. The molecule has 0 radical (unpaired) electrons. The van der Waals surface area contributed by atoms with Crippen molar-refractivity contribution in [3.05, 3.63) is 11.6 Å². The molecule has 0 aromatic carbocycles. The quantitative estimate of drug-likeness (QED) is 0.104. The molecule has 2 aliphatic heterocycles. The number of ether oxygens (including phenoxy) is 6. The molecule has 0 spiro atoms. The number of rotatable bonds is 10. The lowest BCUT2D eigenvalue weighted by molar-refractivity contribution is -0.371. The number of aliphatic hydroxyl groups is 5. The molecule has 0 amide bonds. The Bertz CT molecular complexity index is 1820. The van der Waals surface area contributed by atoms with Gasteiger partial charge in [-0.2, -0.15) is 0 Å². The van der Waals surface area contributed by atoms with Gasteiger partial charge in [0.2, 0.25) is 0 Å². The maximum absolute atomic E-state index is 15.0. The van der Waals surface area contributed by atoms with Crippen LogP contribution in [-0.2, 0) is 47.6 Å². The molecule has 6 N–H and O–H groups in total. The number of carbonyl (C=O) groups is 4. The van der Waals surface area contributed by atoms with Gasteiger partial charge in [0.15, 0.2) is 30.6 Å². The summed E-state index contributed by atoms with van der Waals surface area (Å²) in [5.74, 6) is -3.07. The van der Waals surface area contributed by atoms with Crippen LogP contribution in [0.15, 0.2) is 11.6 Å². The van der Waals surface area contributed by atoms with Crippen LogP contribution in [0.4, 0.5) is 0 Å². The van der Waals surface area contributed by atoms with Crippen LogP contribution in [0.5, 0.6) is 0 Å². The fourth-order valence-electron chi connectivity index (χ4n) is 13.9. The molecule has 0 aromatic heterocycles. The predicted molar refractivity (Wildman–Crippen MR) is 222 cm³/mol. The second-order valence-corrected chi connectivity index (χ2v) is 22.0. The van der Waals surface area contributed by atoms with E-state index in [9.17, 15) is 49.8 Å². The van der Waals surface area contributed by atoms with E-state index in [0.717, 1.165) is 51.2 Å². The molecule has 2 heterocycles. The van der Waals surface area contributed by atoms with Gasteiger partial charge in [-0.05, 0) is 116 Å². The molecule has 6 fully saturated rings. The number of allylic oxidation sites excluding steroid dienone is 2. The minimum absolute atomic E-state index is 0.00832. The summed E-state index contributed by atoms with van der Waals surface area (Å²) in [7, 11) is 1.05. The zero-order valence-corrected chi connectivity index (χ0v) is 38.4. The van der Waals surface area contributed by atoms with Gasteiger partial charge in [-0.3, -0.25) is 9.59 Å². The number of hydrogen-bond donors (Lipinski definition) is 6. The van der Waals surface area contributed by atoms with E-state index in [4.69, 9.17) is 28.4 Å². The lowest BCUT2D eigenvalue weighted by Gasteiger charge is -2.70. The van der Waals surface area contributed by atoms with Crippen molar-refractivity contribution in [1.82, 2.24) is 0 Å². The molecule has 4 saturated carbocycles. The van der Waals surface area contributed by atoms with E-state index in [2.05, 4.69) is 41.5 Å². The Labute approximate surface area is 370 Å². The first-order chi connectivity index (χ1) is 29.3. The standard InChI is InChI=1S/C47H72O16/c1-10-11-20-59-38(55)34-30(51)31(52)35(63-39-32(53)28(49)29(50)33(61-39)37(54)58-9)40(62-34)60-27-13-14-45(6)26(42(27,2)3)12-15-47(8)36(45)25(48)21-23-24-22-44(5,41(56)57)17-16-43(24,4)18-19-46(23,47)7/h21,24,26-36,39-40,49-53H,10-20,22H2,1-9H3,(H,56,57)/t24?,26?,27?,28-,29+,30+,31-,32-,33+,34+,35-,36?,39+,40-,43?,44?,45?,46?,47?/m1/s1. The molecule has 5 aliphatic carbocycles. The summed E-state index contributed by atoms with van der Waals surface area (Å²) in [6.45, 7) is 17.1. The monoisotopic (exact) mass is 892 g/mol. The summed E-state index contributed by atoms with van der Waals surface area (Å²) in [6.07, 6.45) is -9.22. The number of fused-ring (bicyclic) bond motifs is 7. The maximum atomic E-state index is 15.0. The Morgan fingerprint density at radius 1 is 0.762 bits per heavy atom. The van der Waals surface area contributed by atoms with Crippen molar-refractivity contribution < 1.29 is 78.2 Å². The van der Waals surface area contributed by atoms with Crippen LogP contribution < -0.4 is 0 Å². The van der Waals surface area contributed by atoms with Crippen LogP contribution in [0.25, 0.3) is 0 Å². The van der Waals surface area contributed by atoms with E-state index in [1.807, 2.05) is 19.9 Å². The van der Waals surface area contributed by atoms with Crippen LogP contribution in [0.3, 0.4) is 0 Å². The summed E-state index contributed by atoms with van der Waals surface area (Å²) in [5.41, 5.74) is -1.67. The summed E-state index contributed by atoms with van der Waals surface area (Å²) in [4.78, 5) is 53.4. The van der Waals surface area contributed by atoms with Gasteiger partial charge >= 0.3 is 17.9 Å². The number of carboxylic acid groups (broad SMARTS) is 1. The molecule has 16 nitrogen and oxygen atoms in total. The van der Waals surface area contributed by atoms with Gasteiger partial charge in [-0.15, -0.1) is 0 Å². The number of methoxy groups -OCH3 is 1. The summed E-state index contributed by atoms with van der Waals surface area (Å²) in [5, 5.41) is 65.3. The number of esters is 2. The Morgan fingerprint density at radius 3 is 2.05 bits per heavy atom. The Kier molecular flexibility index (Phi) is 13.0. The van der Waals surface area contributed by atoms with E-state index >= 15 is 0 Å². The van der Waals surface area contributed by atoms with Crippen LogP contribution >= 0.6 is 0 Å². The highest BCUT2D eigenvalue weighted by Crippen LogP contribution is 2.75. The number of aliphatic hydroxyl groups excluding tert-OH is 5. The van der Waals surface area contributed by atoms with E-state index < -0.39 is 107 Å². The number of unbranched alkanes of at least 4 members (excludes halogenated alkanes) is 1. The van der Waals surface area contributed by atoms with Gasteiger partial charge in [0.05, 0.1) is 25.2 Å². The van der Waals surface area contributed by atoms with E-state index in [1.165, 1.54) is 0 Å². The number of carbonyl (C=O) groups excluding carboxylic acids is 3. The Morgan fingerprint density at radius 2 is 1.40 bits per heavy atom. The molecule has 7 aliphatic rings. The molecule has 7 rings (SSSR count). The Balaban J connectivity index is 1.18. The minimum atomic E-state index is -1.94. The number of aliphatic carboxylic acids is 1. The van der Waals surface area contributed by atoms with Gasteiger partial charge in [-0.1, -0.05) is 60.5 Å². The third-order valence-electron chi connectivity index (χ3n) is 18.1. The van der Waals surface area contributed by atoms with Crippen molar-refractivity contribution in [3.8, 4) is 0 Å². The van der Waals surface area contributed by atoms with Crippen LogP contribution in [0, 0.1) is 50.2 Å². The normalized spacial score (nSPS) is 49.2. The van der Waals surface area contributed by atoms with Crippen LogP contribution in [-0.4, -0.2) is 136 Å². The third-order valence-corrected chi connectivity index (χ3v) is 18.1. The topological polar surface area (TPSA) is 245 Å². The molecule has 63 heavy (non-hydrogen) atoms.